The molecular weight excluding hydrogens is 334 g/mol. The second-order valence-corrected chi connectivity index (χ2v) is 5.28. The molecule has 0 unspecified atom stereocenters. The van der Waals surface area contributed by atoms with E-state index in [1.165, 1.54) is 0 Å². The highest BCUT2D eigenvalue weighted by Gasteiger charge is 2.09. The molecule has 8 nitrogen and oxygen atoms in total. The van der Waals surface area contributed by atoms with Gasteiger partial charge in [0, 0.05) is 24.0 Å². The molecular formula is C18H17N5O3. The van der Waals surface area contributed by atoms with Crippen LogP contribution in [0.3, 0.4) is 0 Å². The average Bonchev–Trinajstić information content (AvgIpc) is 2.67. The first-order valence-electron chi connectivity index (χ1n) is 7.81. The van der Waals surface area contributed by atoms with Gasteiger partial charge < -0.3 is 20.5 Å². The highest BCUT2D eigenvalue weighted by Crippen LogP contribution is 2.24. The van der Waals surface area contributed by atoms with Crippen LogP contribution < -0.4 is 15.4 Å². The number of aromatic nitrogens is 3. The Hall–Kier alpha value is -3.68. The van der Waals surface area contributed by atoms with Gasteiger partial charge in [0.1, 0.15) is 18.1 Å². The predicted molar refractivity (Wildman–Crippen MR) is 97.7 cm³/mol. The Kier molecular flexibility index (Phi) is 5.23. The minimum atomic E-state index is -1.00. The van der Waals surface area contributed by atoms with E-state index in [1.54, 1.807) is 19.4 Å². The number of carboxylic acid groups (broad SMARTS) is 1. The molecule has 2 heterocycles. The molecule has 2 aromatic heterocycles. The van der Waals surface area contributed by atoms with Crippen molar-refractivity contribution in [1.82, 2.24) is 15.0 Å². The van der Waals surface area contributed by atoms with E-state index in [0.717, 1.165) is 5.69 Å². The first kappa shape index (κ1) is 17.2. The lowest BCUT2D eigenvalue weighted by Gasteiger charge is -2.11. The molecule has 1 aromatic carbocycles. The SMILES string of the molecule is COc1cccc(Nc2cc(-c3ccccn3)nc(NCC(=O)O)n2)c1. The fraction of sp³-hybridized carbons (Fsp3) is 0.111. The third kappa shape index (κ3) is 4.44. The van der Waals surface area contributed by atoms with Crippen LogP contribution in [-0.2, 0) is 4.79 Å². The molecule has 3 rings (SSSR count). The van der Waals surface area contributed by atoms with Crippen LogP contribution in [0.4, 0.5) is 17.5 Å². The number of hydrogen-bond donors (Lipinski definition) is 3. The number of rotatable bonds is 7. The predicted octanol–water partition coefficient (Wildman–Crippen LogP) is 2.79. The van der Waals surface area contributed by atoms with Gasteiger partial charge in [0.05, 0.1) is 18.5 Å². The van der Waals surface area contributed by atoms with Gasteiger partial charge in [-0.25, -0.2) is 4.98 Å². The Morgan fingerprint density at radius 2 is 2.00 bits per heavy atom. The number of anilines is 3. The van der Waals surface area contributed by atoms with Crippen molar-refractivity contribution in [1.29, 1.82) is 0 Å². The number of nitrogens with zero attached hydrogens (tertiary/aromatic N) is 3. The second-order valence-electron chi connectivity index (χ2n) is 5.28. The second kappa shape index (κ2) is 7.93. The highest BCUT2D eigenvalue weighted by atomic mass is 16.5. The van der Waals surface area contributed by atoms with E-state index in [4.69, 9.17) is 9.84 Å². The van der Waals surface area contributed by atoms with Crippen LogP contribution in [0.25, 0.3) is 11.4 Å². The first-order valence-corrected chi connectivity index (χ1v) is 7.81. The summed E-state index contributed by atoms with van der Waals surface area (Å²) in [7, 11) is 1.59. The zero-order valence-corrected chi connectivity index (χ0v) is 14.0. The van der Waals surface area contributed by atoms with Gasteiger partial charge in [-0.1, -0.05) is 12.1 Å². The molecule has 0 saturated carbocycles. The van der Waals surface area contributed by atoms with Gasteiger partial charge in [0.15, 0.2) is 0 Å². The molecule has 0 bridgehead atoms. The highest BCUT2D eigenvalue weighted by molar-refractivity contribution is 5.72. The van der Waals surface area contributed by atoms with E-state index in [2.05, 4.69) is 25.6 Å². The van der Waals surface area contributed by atoms with Crippen molar-refractivity contribution in [2.24, 2.45) is 0 Å². The summed E-state index contributed by atoms with van der Waals surface area (Å²) in [4.78, 5) is 23.7. The maximum atomic E-state index is 10.8. The summed E-state index contributed by atoms with van der Waals surface area (Å²) in [6.45, 7) is -0.287. The Balaban J connectivity index is 1.94. The van der Waals surface area contributed by atoms with E-state index < -0.39 is 5.97 Å². The topological polar surface area (TPSA) is 109 Å². The van der Waals surface area contributed by atoms with Crippen molar-refractivity contribution in [3.05, 3.63) is 54.7 Å². The lowest BCUT2D eigenvalue weighted by Crippen LogP contribution is -2.15. The van der Waals surface area contributed by atoms with Gasteiger partial charge in [-0.3, -0.25) is 9.78 Å². The number of methoxy groups -OCH3 is 1. The number of pyridine rings is 1. The molecule has 0 amide bonds. The Morgan fingerprint density at radius 3 is 2.73 bits per heavy atom. The molecule has 0 fully saturated rings. The lowest BCUT2D eigenvalue weighted by atomic mass is 10.2. The average molecular weight is 351 g/mol. The standard InChI is InChI=1S/C18H17N5O3/c1-26-13-6-4-5-12(9-13)21-16-10-15(14-7-2-3-8-19-14)22-18(23-16)20-11-17(24)25/h2-10H,11H2,1H3,(H,24,25)(H2,20,21,22,23). The van der Waals surface area contributed by atoms with E-state index in [0.29, 0.717) is 23.0 Å². The number of benzene rings is 1. The van der Waals surface area contributed by atoms with E-state index in [-0.39, 0.29) is 12.5 Å². The smallest absolute Gasteiger partial charge is 0.322 e. The number of aliphatic carboxylic acids is 1. The Labute approximate surface area is 149 Å². The molecule has 0 saturated heterocycles. The third-order valence-corrected chi connectivity index (χ3v) is 3.39. The number of carbonyl (C=O) groups is 1. The summed E-state index contributed by atoms with van der Waals surface area (Å²) >= 11 is 0. The van der Waals surface area contributed by atoms with Gasteiger partial charge in [-0.05, 0) is 24.3 Å². The van der Waals surface area contributed by atoms with Crippen molar-refractivity contribution in [2.75, 3.05) is 24.3 Å². The van der Waals surface area contributed by atoms with Gasteiger partial charge in [0.2, 0.25) is 5.95 Å². The van der Waals surface area contributed by atoms with E-state index >= 15 is 0 Å². The molecule has 0 aliphatic carbocycles. The van der Waals surface area contributed by atoms with Crippen LogP contribution in [0.1, 0.15) is 0 Å². The molecule has 0 spiro atoms. The number of carboxylic acids is 1. The minimum Gasteiger partial charge on any atom is -0.497 e. The lowest BCUT2D eigenvalue weighted by molar-refractivity contribution is -0.134. The van der Waals surface area contributed by atoms with Crippen molar-refractivity contribution in [3.8, 4) is 17.1 Å². The van der Waals surface area contributed by atoms with Gasteiger partial charge in [-0.15, -0.1) is 0 Å². The number of hydrogen-bond acceptors (Lipinski definition) is 7. The van der Waals surface area contributed by atoms with Crippen LogP contribution in [0.15, 0.2) is 54.7 Å². The van der Waals surface area contributed by atoms with Crippen molar-refractivity contribution in [3.63, 3.8) is 0 Å². The zero-order chi connectivity index (χ0) is 18.4. The summed E-state index contributed by atoms with van der Waals surface area (Å²) < 4.78 is 5.21. The molecule has 0 atom stereocenters. The van der Waals surface area contributed by atoms with Crippen molar-refractivity contribution < 1.29 is 14.6 Å². The summed E-state index contributed by atoms with van der Waals surface area (Å²) in [5.74, 6) is 0.403. The van der Waals surface area contributed by atoms with Crippen LogP contribution in [-0.4, -0.2) is 39.7 Å². The molecule has 3 aromatic rings. The first-order chi connectivity index (χ1) is 12.6. The van der Waals surface area contributed by atoms with Crippen LogP contribution in [0.2, 0.25) is 0 Å². The van der Waals surface area contributed by atoms with Gasteiger partial charge >= 0.3 is 5.97 Å². The molecule has 0 radical (unpaired) electrons. The molecule has 3 N–H and O–H groups in total. The largest absolute Gasteiger partial charge is 0.497 e. The van der Waals surface area contributed by atoms with Crippen LogP contribution in [0, 0.1) is 0 Å². The maximum Gasteiger partial charge on any atom is 0.322 e. The Bertz CT molecular complexity index is 902. The maximum absolute atomic E-state index is 10.8. The molecule has 0 aliphatic rings. The molecule has 0 aliphatic heterocycles. The van der Waals surface area contributed by atoms with Crippen LogP contribution in [0.5, 0.6) is 5.75 Å². The van der Waals surface area contributed by atoms with Crippen molar-refractivity contribution >= 4 is 23.4 Å². The number of ether oxygens (including phenoxy) is 1. The molecule has 132 valence electrons. The van der Waals surface area contributed by atoms with Gasteiger partial charge in [0.25, 0.3) is 0 Å². The fourth-order valence-corrected chi connectivity index (χ4v) is 2.24. The summed E-state index contributed by atoms with van der Waals surface area (Å²) in [5.41, 5.74) is 2.00. The van der Waals surface area contributed by atoms with E-state index in [9.17, 15) is 4.79 Å². The normalized spacial score (nSPS) is 10.2. The number of nitrogens with one attached hydrogen (secondary N) is 2. The summed E-state index contributed by atoms with van der Waals surface area (Å²) in [6.07, 6.45) is 1.66. The molecule has 8 heteroatoms. The van der Waals surface area contributed by atoms with Crippen LogP contribution >= 0.6 is 0 Å². The summed E-state index contributed by atoms with van der Waals surface area (Å²) in [5, 5.41) is 14.7. The van der Waals surface area contributed by atoms with Crippen molar-refractivity contribution in [2.45, 2.75) is 0 Å². The van der Waals surface area contributed by atoms with E-state index in [1.807, 2.05) is 42.5 Å². The minimum absolute atomic E-state index is 0.195. The Morgan fingerprint density at radius 1 is 1.12 bits per heavy atom. The van der Waals surface area contributed by atoms with Gasteiger partial charge in [-0.2, -0.15) is 4.98 Å². The third-order valence-electron chi connectivity index (χ3n) is 3.39. The zero-order valence-electron chi connectivity index (χ0n) is 14.0. The summed E-state index contributed by atoms with van der Waals surface area (Å²) in [6, 6.07) is 14.6. The monoisotopic (exact) mass is 351 g/mol. The quantitative estimate of drug-likeness (QED) is 0.596. The fourth-order valence-electron chi connectivity index (χ4n) is 2.24. The molecule has 26 heavy (non-hydrogen) atoms.